The number of rotatable bonds is 5. The molecular weight excluding hydrogens is 372 g/mol. The van der Waals surface area contributed by atoms with Gasteiger partial charge in [-0.1, -0.05) is 28.1 Å². The molecule has 120 valence electrons. The van der Waals surface area contributed by atoms with E-state index in [9.17, 15) is 18.4 Å². The number of benzene rings is 2. The molecule has 0 bridgehead atoms. The Hall–Kier alpha value is -2.28. The third kappa shape index (κ3) is 5.14. The third-order valence-corrected chi connectivity index (χ3v) is 3.42. The van der Waals surface area contributed by atoms with Crippen molar-refractivity contribution in [3.05, 3.63) is 69.7 Å². The lowest BCUT2D eigenvalue weighted by Gasteiger charge is -2.07. The van der Waals surface area contributed by atoms with E-state index in [1.807, 2.05) is 24.3 Å². The highest BCUT2D eigenvalue weighted by atomic mass is 79.9. The number of ether oxygens (including phenoxy) is 1. The van der Waals surface area contributed by atoms with Gasteiger partial charge in [0.2, 0.25) is 0 Å². The SMILES string of the molecule is O=C(COC(=O)c1ccc(F)cc1F)NCc1ccc(Br)cc1. The van der Waals surface area contributed by atoms with Crippen molar-refractivity contribution in [1.82, 2.24) is 5.32 Å². The zero-order chi connectivity index (χ0) is 16.8. The van der Waals surface area contributed by atoms with Crippen LogP contribution in [0.3, 0.4) is 0 Å². The number of amides is 1. The van der Waals surface area contributed by atoms with E-state index in [1.54, 1.807) is 0 Å². The van der Waals surface area contributed by atoms with Crippen LogP contribution < -0.4 is 5.32 Å². The zero-order valence-corrected chi connectivity index (χ0v) is 13.4. The van der Waals surface area contributed by atoms with Crippen LogP contribution in [0.15, 0.2) is 46.9 Å². The lowest BCUT2D eigenvalue weighted by Crippen LogP contribution is -2.28. The van der Waals surface area contributed by atoms with Crippen molar-refractivity contribution in [1.29, 1.82) is 0 Å². The molecule has 0 radical (unpaired) electrons. The smallest absolute Gasteiger partial charge is 0.341 e. The van der Waals surface area contributed by atoms with Gasteiger partial charge in [-0.2, -0.15) is 0 Å². The van der Waals surface area contributed by atoms with Crippen LogP contribution in [0.25, 0.3) is 0 Å². The van der Waals surface area contributed by atoms with Gasteiger partial charge in [0.1, 0.15) is 11.6 Å². The number of carbonyl (C=O) groups is 2. The monoisotopic (exact) mass is 383 g/mol. The lowest BCUT2D eigenvalue weighted by atomic mass is 10.2. The normalized spacial score (nSPS) is 10.2. The summed E-state index contributed by atoms with van der Waals surface area (Å²) in [5.74, 6) is -3.39. The summed E-state index contributed by atoms with van der Waals surface area (Å²) in [5, 5.41) is 2.56. The molecule has 23 heavy (non-hydrogen) atoms. The fourth-order valence-electron chi connectivity index (χ4n) is 1.72. The minimum atomic E-state index is -1.04. The second-order valence-corrected chi connectivity index (χ2v) is 5.52. The number of hydrogen-bond acceptors (Lipinski definition) is 3. The molecular formula is C16H12BrF2NO3. The first-order valence-corrected chi connectivity index (χ1v) is 7.38. The van der Waals surface area contributed by atoms with E-state index in [0.717, 1.165) is 22.2 Å². The van der Waals surface area contributed by atoms with Gasteiger partial charge in [-0.25, -0.2) is 13.6 Å². The molecule has 1 N–H and O–H groups in total. The summed E-state index contributed by atoms with van der Waals surface area (Å²) in [5.41, 5.74) is 0.449. The highest BCUT2D eigenvalue weighted by molar-refractivity contribution is 9.10. The van der Waals surface area contributed by atoms with Gasteiger partial charge in [-0.15, -0.1) is 0 Å². The molecule has 0 heterocycles. The number of carbonyl (C=O) groups excluding carboxylic acids is 2. The minimum Gasteiger partial charge on any atom is -0.452 e. The molecule has 0 aliphatic heterocycles. The van der Waals surface area contributed by atoms with E-state index in [0.29, 0.717) is 6.07 Å². The van der Waals surface area contributed by atoms with Crippen molar-refractivity contribution in [2.75, 3.05) is 6.61 Å². The van der Waals surface area contributed by atoms with Crippen molar-refractivity contribution in [3.8, 4) is 0 Å². The van der Waals surface area contributed by atoms with E-state index < -0.39 is 35.7 Å². The van der Waals surface area contributed by atoms with Gasteiger partial charge in [0.15, 0.2) is 6.61 Å². The molecule has 0 saturated heterocycles. The summed E-state index contributed by atoms with van der Waals surface area (Å²) in [4.78, 5) is 23.2. The van der Waals surface area contributed by atoms with Gasteiger partial charge < -0.3 is 10.1 Å². The maximum atomic E-state index is 13.4. The molecule has 0 unspecified atom stereocenters. The van der Waals surface area contributed by atoms with E-state index in [-0.39, 0.29) is 6.54 Å². The molecule has 2 rings (SSSR count). The van der Waals surface area contributed by atoms with Gasteiger partial charge in [-0.3, -0.25) is 4.79 Å². The molecule has 0 aliphatic carbocycles. The van der Waals surface area contributed by atoms with Gasteiger partial charge >= 0.3 is 5.97 Å². The Morgan fingerprint density at radius 1 is 1.09 bits per heavy atom. The van der Waals surface area contributed by atoms with Crippen LogP contribution in [0, 0.1) is 11.6 Å². The Balaban J connectivity index is 1.81. The van der Waals surface area contributed by atoms with Crippen molar-refractivity contribution >= 4 is 27.8 Å². The molecule has 2 aromatic carbocycles. The molecule has 0 atom stereocenters. The van der Waals surface area contributed by atoms with E-state index in [4.69, 9.17) is 4.74 Å². The topological polar surface area (TPSA) is 55.4 Å². The standard InChI is InChI=1S/C16H12BrF2NO3/c17-11-3-1-10(2-4-11)8-20-15(21)9-23-16(22)13-6-5-12(18)7-14(13)19/h1-7H,8-9H2,(H,20,21). The second-order valence-electron chi connectivity index (χ2n) is 4.60. The predicted molar refractivity (Wildman–Crippen MR) is 82.6 cm³/mol. The first kappa shape index (κ1) is 17.1. The Morgan fingerprint density at radius 2 is 1.78 bits per heavy atom. The minimum absolute atomic E-state index is 0.272. The fourth-order valence-corrected chi connectivity index (χ4v) is 1.98. The molecule has 0 aromatic heterocycles. The van der Waals surface area contributed by atoms with E-state index in [2.05, 4.69) is 21.2 Å². The van der Waals surface area contributed by atoms with Crippen LogP contribution in [0.5, 0.6) is 0 Å². The average Bonchev–Trinajstić information content (AvgIpc) is 2.52. The maximum Gasteiger partial charge on any atom is 0.341 e. The summed E-state index contributed by atoms with van der Waals surface area (Å²) < 4.78 is 31.8. The van der Waals surface area contributed by atoms with Gasteiger partial charge in [0.25, 0.3) is 5.91 Å². The van der Waals surface area contributed by atoms with Crippen LogP contribution in [0.4, 0.5) is 8.78 Å². The lowest BCUT2D eigenvalue weighted by molar-refractivity contribution is -0.124. The molecule has 2 aromatic rings. The summed E-state index contributed by atoms with van der Waals surface area (Å²) in [6.45, 7) is -0.277. The van der Waals surface area contributed by atoms with Gasteiger partial charge in [0, 0.05) is 17.1 Å². The average molecular weight is 384 g/mol. The fraction of sp³-hybridized carbons (Fsp3) is 0.125. The Bertz CT molecular complexity index is 720. The van der Waals surface area contributed by atoms with E-state index in [1.165, 1.54) is 0 Å². The molecule has 0 aliphatic rings. The number of hydrogen-bond donors (Lipinski definition) is 1. The third-order valence-electron chi connectivity index (χ3n) is 2.89. The quantitative estimate of drug-likeness (QED) is 0.806. The van der Waals surface area contributed by atoms with Crippen LogP contribution >= 0.6 is 15.9 Å². The van der Waals surface area contributed by atoms with Crippen molar-refractivity contribution < 1.29 is 23.1 Å². The summed E-state index contributed by atoms with van der Waals surface area (Å²) >= 11 is 3.30. The first-order valence-electron chi connectivity index (χ1n) is 6.59. The Labute approximate surface area is 139 Å². The molecule has 0 spiro atoms. The van der Waals surface area contributed by atoms with Gasteiger partial charge in [-0.05, 0) is 29.8 Å². The highest BCUT2D eigenvalue weighted by Gasteiger charge is 2.15. The summed E-state index contributed by atoms with van der Waals surface area (Å²) in [6.07, 6.45) is 0. The van der Waals surface area contributed by atoms with Crippen LogP contribution in [0.2, 0.25) is 0 Å². The molecule has 0 saturated carbocycles. The zero-order valence-electron chi connectivity index (χ0n) is 11.8. The van der Waals surface area contributed by atoms with Crippen LogP contribution in [-0.4, -0.2) is 18.5 Å². The molecule has 1 amide bonds. The first-order chi connectivity index (χ1) is 11.0. The highest BCUT2D eigenvalue weighted by Crippen LogP contribution is 2.11. The molecule has 0 fully saturated rings. The largest absolute Gasteiger partial charge is 0.452 e. The van der Waals surface area contributed by atoms with Crippen molar-refractivity contribution in [3.63, 3.8) is 0 Å². The summed E-state index contributed by atoms with van der Waals surface area (Å²) in [7, 11) is 0. The second kappa shape index (κ2) is 7.82. The number of nitrogens with one attached hydrogen (secondary N) is 1. The Kier molecular flexibility index (Phi) is 5.81. The summed E-state index contributed by atoms with van der Waals surface area (Å²) in [6, 6.07) is 9.79. The Morgan fingerprint density at radius 3 is 2.43 bits per heavy atom. The van der Waals surface area contributed by atoms with E-state index >= 15 is 0 Å². The van der Waals surface area contributed by atoms with Gasteiger partial charge in [0.05, 0.1) is 5.56 Å². The predicted octanol–water partition coefficient (Wildman–Crippen LogP) is 3.20. The molecule has 4 nitrogen and oxygen atoms in total. The van der Waals surface area contributed by atoms with Crippen molar-refractivity contribution in [2.24, 2.45) is 0 Å². The number of esters is 1. The molecule has 7 heteroatoms. The van der Waals surface area contributed by atoms with Crippen LogP contribution in [0.1, 0.15) is 15.9 Å². The maximum absolute atomic E-state index is 13.4. The van der Waals surface area contributed by atoms with Crippen LogP contribution in [-0.2, 0) is 16.1 Å². The van der Waals surface area contributed by atoms with Crippen molar-refractivity contribution in [2.45, 2.75) is 6.54 Å². The number of halogens is 3.